The lowest BCUT2D eigenvalue weighted by Gasteiger charge is -2.11. The minimum Gasteiger partial charge on any atom is -0.396 e. The Labute approximate surface area is 136 Å². The highest BCUT2D eigenvalue weighted by atomic mass is 32.1. The Morgan fingerprint density at radius 3 is 2.65 bits per heavy atom. The predicted octanol–water partition coefficient (Wildman–Crippen LogP) is 2.22. The number of aliphatic hydroxyl groups excluding tert-OH is 1. The average Bonchev–Trinajstić information content (AvgIpc) is 3.18. The Kier molecular flexibility index (Phi) is 4.10. The van der Waals surface area contributed by atoms with Crippen molar-refractivity contribution in [2.75, 3.05) is 13.2 Å². The van der Waals surface area contributed by atoms with Gasteiger partial charge in [-0.3, -0.25) is 14.9 Å². The summed E-state index contributed by atoms with van der Waals surface area (Å²) in [7, 11) is 0. The number of non-ortho nitro benzene ring substituents is 1. The zero-order chi connectivity index (χ0) is 16.4. The van der Waals surface area contributed by atoms with E-state index in [-0.39, 0.29) is 23.6 Å². The molecule has 2 N–H and O–H groups in total. The van der Waals surface area contributed by atoms with E-state index in [2.05, 4.69) is 10.3 Å². The molecular weight excluding hydrogens is 318 g/mol. The van der Waals surface area contributed by atoms with Gasteiger partial charge in [-0.1, -0.05) is 0 Å². The smallest absolute Gasteiger partial charge is 0.270 e. The number of carbonyl (C=O) groups excluding carboxylic acids is 1. The van der Waals surface area contributed by atoms with Gasteiger partial charge in [0, 0.05) is 35.0 Å². The number of nitrogens with zero attached hydrogens (tertiary/aromatic N) is 2. The van der Waals surface area contributed by atoms with E-state index >= 15 is 0 Å². The molecule has 1 aromatic carbocycles. The Balaban J connectivity index is 1.67. The number of hydrogen-bond acceptors (Lipinski definition) is 6. The molecule has 0 unspecified atom stereocenters. The van der Waals surface area contributed by atoms with Crippen LogP contribution in [0.25, 0.3) is 10.6 Å². The van der Waals surface area contributed by atoms with Gasteiger partial charge in [0.2, 0.25) is 0 Å². The Morgan fingerprint density at radius 1 is 1.39 bits per heavy atom. The lowest BCUT2D eigenvalue weighted by molar-refractivity contribution is -0.384. The van der Waals surface area contributed by atoms with Crippen molar-refractivity contribution < 1.29 is 14.8 Å². The van der Waals surface area contributed by atoms with Crippen molar-refractivity contribution in [1.82, 2.24) is 10.3 Å². The number of carbonyl (C=O) groups is 1. The molecule has 2 aromatic rings. The molecular formula is C15H15N3O4S. The van der Waals surface area contributed by atoms with Crippen molar-refractivity contribution in [1.29, 1.82) is 0 Å². The highest BCUT2D eigenvalue weighted by Crippen LogP contribution is 2.44. The number of hydrogen-bond donors (Lipinski definition) is 2. The number of nitro groups is 1. The maximum absolute atomic E-state index is 12.1. The first-order valence-electron chi connectivity index (χ1n) is 7.12. The molecule has 120 valence electrons. The Bertz CT molecular complexity index is 737. The average molecular weight is 333 g/mol. The van der Waals surface area contributed by atoms with Crippen LogP contribution in [0.2, 0.25) is 0 Å². The van der Waals surface area contributed by atoms with Gasteiger partial charge in [-0.05, 0) is 25.0 Å². The van der Waals surface area contributed by atoms with E-state index in [4.69, 9.17) is 0 Å². The Morgan fingerprint density at radius 2 is 2.09 bits per heavy atom. The molecule has 0 aliphatic heterocycles. The van der Waals surface area contributed by atoms with Crippen LogP contribution in [-0.4, -0.2) is 34.1 Å². The van der Waals surface area contributed by atoms with Crippen LogP contribution in [0.5, 0.6) is 0 Å². The van der Waals surface area contributed by atoms with Crippen LogP contribution in [0.3, 0.4) is 0 Å². The number of nitrogens with one attached hydrogen (secondary N) is 1. The summed E-state index contributed by atoms with van der Waals surface area (Å²) >= 11 is 1.31. The highest BCUT2D eigenvalue weighted by molar-refractivity contribution is 7.13. The monoisotopic (exact) mass is 333 g/mol. The molecule has 0 saturated heterocycles. The summed E-state index contributed by atoms with van der Waals surface area (Å²) in [6.45, 7) is 0.533. The van der Waals surface area contributed by atoms with Gasteiger partial charge in [0.15, 0.2) is 0 Å². The van der Waals surface area contributed by atoms with E-state index < -0.39 is 4.92 Å². The van der Waals surface area contributed by atoms with Crippen LogP contribution in [0.15, 0.2) is 29.6 Å². The molecule has 0 radical (unpaired) electrons. The van der Waals surface area contributed by atoms with Gasteiger partial charge in [0.25, 0.3) is 11.6 Å². The second kappa shape index (κ2) is 6.05. The molecule has 1 aromatic heterocycles. The molecule has 1 aliphatic rings. The van der Waals surface area contributed by atoms with E-state index in [1.165, 1.54) is 23.5 Å². The summed E-state index contributed by atoms with van der Waals surface area (Å²) < 4.78 is 0. The van der Waals surface area contributed by atoms with E-state index in [0.29, 0.717) is 17.2 Å². The molecule has 7 nitrogen and oxygen atoms in total. The molecule has 0 bridgehead atoms. The summed E-state index contributed by atoms with van der Waals surface area (Å²) in [6, 6.07) is 6.05. The van der Waals surface area contributed by atoms with E-state index in [1.54, 1.807) is 17.5 Å². The lowest BCUT2D eigenvalue weighted by atomic mass is 10.1. The van der Waals surface area contributed by atoms with Gasteiger partial charge in [-0.2, -0.15) is 0 Å². The molecule has 3 rings (SSSR count). The fraction of sp³-hybridized carbons (Fsp3) is 0.333. The topological polar surface area (TPSA) is 105 Å². The largest absolute Gasteiger partial charge is 0.396 e. The minimum absolute atomic E-state index is 0.0157. The highest BCUT2D eigenvalue weighted by Gasteiger charge is 2.42. The fourth-order valence-corrected chi connectivity index (χ4v) is 2.97. The summed E-state index contributed by atoms with van der Waals surface area (Å²) in [5.74, 6) is -0.269. The van der Waals surface area contributed by atoms with Crippen LogP contribution in [0.1, 0.15) is 23.3 Å². The molecule has 1 aliphatic carbocycles. The van der Waals surface area contributed by atoms with Crippen LogP contribution >= 0.6 is 11.3 Å². The third kappa shape index (κ3) is 3.38. The van der Waals surface area contributed by atoms with Crippen LogP contribution in [0.4, 0.5) is 5.69 Å². The molecule has 1 heterocycles. The summed E-state index contributed by atoms with van der Waals surface area (Å²) in [5.41, 5.74) is 0.917. The molecule has 23 heavy (non-hydrogen) atoms. The third-order valence-electron chi connectivity index (χ3n) is 3.98. The van der Waals surface area contributed by atoms with Crippen molar-refractivity contribution in [2.24, 2.45) is 5.41 Å². The van der Waals surface area contributed by atoms with Crippen LogP contribution < -0.4 is 5.32 Å². The second-order valence-corrected chi connectivity index (χ2v) is 6.54. The van der Waals surface area contributed by atoms with E-state index in [1.807, 2.05) is 0 Å². The number of nitro benzene ring substituents is 1. The first-order valence-corrected chi connectivity index (χ1v) is 8.00. The van der Waals surface area contributed by atoms with Crippen molar-refractivity contribution >= 4 is 22.9 Å². The van der Waals surface area contributed by atoms with Crippen LogP contribution in [0, 0.1) is 15.5 Å². The predicted molar refractivity (Wildman–Crippen MR) is 85.3 cm³/mol. The van der Waals surface area contributed by atoms with Crippen LogP contribution in [-0.2, 0) is 0 Å². The summed E-state index contributed by atoms with van der Waals surface area (Å²) in [4.78, 5) is 26.5. The molecule has 1 saturated carbocycles. The number of rotatable bonds is 6. The summed E-state index contributed by atoms with van der Waals surface area (Å²) in [6.07, 6.45) is 1.85. The quantitative estimate of drug-likeness (QED) is 0.623. The Hall–Kier alpha value is -2.32. The van der Waals surface area contributed by atoms with Gasteiger partial charge in [0.1, 0.15) is 10.7 Å². The zero-order valence-corrected chi connectivity index (χ0v) is 13.0. The number of amides is 1. The minimum atomic E-state index is -0.459. The van der Waals surface area contributed by atoms with E-state index in [0.717, 1.165) is 18.4 Å². The number of aliphatic hydroxyl groups is 1. The number of aromatic nitrogens is 1. The molecule has 1 amide bonds. The molecule has 8 heteroatoms. The zero-order valence-electron chi connectivity index (χ0n) is 12.2. The van der Waals surface area contributed by atoms with Crippen molar-refractivity contribution in [3.05, 3.63) is 45.5 Å². The van der Waals surface area contributed by atoms with Crippen molar-refractivity contribution in [3.8, 4) is 10.6 Å². The summed E-state index contributed by atoms with van der Waals surface area (Å²) in [5, 5.41) is 25.0. The first kappa shape index (κ1) is 15.6. The maximum atomic E-state index is 12.1. The molecule has 1 fully saturated rings. The molecule has 0 spiro atoms. The van der Waals surface area contributed by atoms with E-state index in [9.17, 15) is 20.0 Å². The molecule has 0 atom stereocenters. The van der Waals surface area contributed by atoms with Gasteiger partial charge in [-0.15, -0.1) is 11.3 Å². The van der Waals surface area contributed by atoms with Gasteiger partial charge < -0.3 is 10.4 Å². The fourth-order valence-electron chi connectivity index (χ4n) is 2.16. The standard InChI is InChI=1S/C15H15N3O4S/c19-9-15(5-6-15)8-16-13(20)12-7-23-14(17-12)10-1-3-11(4-2-10)18(21)22/h1-4,7,19H,5-6,8-9H2,(H,16,20). The second-order valence-electron chi connectivity index (χ2n) is 5.68. The van der Waals surface area contributed by atoms with Gasteiger partial charge >= 0.3 is 0 Å². The van der Waals surface area contributed by atoms with Crippen molar-refractivity contribution in [3.63, 3.8) is 0 Å². The van der Waals surface area contributed by atoms with Gasteiger partial charge in [-0.25, -0.2) is 4.98 Å². The van der Waals surface area contributed by atoms with Gasteiger partial charge in [0.05, 0.1) is 11.5 Å². The first-order chi connectivity index (χ1) is 11.0. The van der Waals surface area contributed by atoms with Crippen molar-refractivity contribution in [2.45, 2.75) is 12.8 Å². The lowest BCUT2D eigenvalue weighted by Crippen LogP contribution is -2.32. The SMILES string of the molecule is O=C(NCC1(CO)CC1)c1csc(-c2ccc([N+](=O)[O-])cc2)n1. The maximum Gasteiger partial charge on any atom is 0.270 e. The normalized spacial score (nSPS) is 15.2. The number of thiazole rings is 1. The third-order valence-corrected chi connectivity index (χ3v) is 4.87. The number of benzene rings is 1.